The van der Waals surface area contributed by atoms with Crippen LogP contribution >= 0.6 is 0 Å². The number of carbonyl (C=O) groups excluding carboxylic acids is 6. The first-order valence-electron chi connectivity index (χ1n) is 23.7. The van der Waals surface area contributed by atoms with E-state index >= 15 is 0 Å². The maximum absolute atomic E-state index is 14.0. The van der Waals surface area contributed by atoms with Crippen LogP contribution in [0, 0.1) is 0 Å². The number of pyridine rings is 1. The van der Waals surface area contributed by atoms with Crippen LogP contribution in [0.5, 0.6) is 0 Å². The van der Waals surface area contributed by atoms with Gasteiger partial charge in [0, 0.05) is 83.5 Å². The first-order chi connectivity index (χ1) is 30.4. The maximum atomic E-state index is 14.0. The van der Waals surface area contributed by atoms with Gasteiger partial charge in [-0.1, -0.05) is 59.4 Å². The van der Waals surface area contributed by atoms with Crippen molar-refractivity contribution in [3.8, 4) is 0 Å². The lowest BCUT2D eigenvalue weighted by atomic mass is 10.0. The highest BCUT2D eigenvalue weighted by atomic mass is 16.7. The molecule has 2 aliphatic heterocycles. The minimum atomic E-state index is -0.801. The Labute approximate surface area is 375 Å². The molecule has 3 heterocycles. The van der Waals surface area contributed by atoms with E-state index in [9.17, 15) is 28.8 Å². The number of aromatic nitrogens is 1. The number of carbonyl (C=O) groups is 6. The number of imide groups is 1. The molecule has 0 aliphatic carbocycles. The zero-order valence-electron chi connectivity index (χ0n) is 39.2. The van der Waals surface area contributed by atoms with Crippen LogP contribution in [0.15, 0.2) is 18.2 Å². The van der Waals surface area contributed by atoms with Gasteiger partial charge in [-0.2, -0.15) is 5.06 Å². The van der Waals surface area contributed by atoms with E-state index in [1.807, 2.05) is 50.8 Å². The van der Waals surface area contributed by atoms with Gasteiger partial charge in [-0.05, 0) is 70.9 Å². The fourth-order valence-electron chi connectivity index (χ4n) is 7.60. The van der Waals surface area contributed by atoms with Crippen LogP contribution in [0.25, 0.3) is 0 Å². The van der Waals surface area contributed by atoms with Gasteiger partial charge in [0.1, 0.15) is 6.04 Å². The van der Waals surface area contributed by atoms with Crippen molar-refractivity contribution in [1.29, 1.82) is 0 Å². The van der Waals surface area contributed by atoms with E-state index in [0.717, 1.165) is 61.4 Å². The monoisotopic (exact) mass is 888 g/mol. The zero-order chi connectivity index (χ0) is 46.0. The van der Waals surface area contributed by atoms with Crippen LogP contribution in [0.2, 0.25) is 0 Å². The van der Waals surface area contributed by atoms with E-state index in [1.54, 1.807) is 6.92 Å². The average molecular weight is 888 g/mol. The summed E-state index contributed by atoms with van der Waals surface area (Å²) in [6.07, 6.45) is 7.36. The van der Waals surface area contributed by atoms with Gasteiger partial charge in [0.25, 0.3) is 11.8 Å². The Morgan fingerprint density at radius 2 is 1.05 bits per heavy atom. The van der Waals surface area contributed by atoms with E-state index in [4.69, 9.17) is 28.8 Å². The van der Waals surface area contributed by atoms with Gasteiger partial charge >= 0.3 is 23.9 Å². The fraction of sp³-hybridized carbons (Fsp3) is 0.766. The number of hydroxylamine groups is 2. The second-order valence-corrected chi connectivity index (χ2v) is 16.8. The van der Waals surface area contributed by atoms with Crippen molar-refractivity contribution in [1.82, 2.24) is 24.7 Å². The Bertz CT molecular complexity index is 1550. The number of rotatable bonds is 28. The van der Waals surface area contributed by atoms with Crippen LogP contribution in [0.3, 0.4) is 0 Å². The molecule has 1 saturated heterocycles. The molecule has 4 atom stereocenters. The second kappa shape index (κ2) is 30.2. The predicted molar refractivity (Wildman–Crippen MR) is 236 cm³/mol. The van der Waals surface area contributed by atoms with Crippen molar-refractivity contribution in [2.24, 2.45) is 0 Å². The Morgan fingerprint density at radius 3 is 1.57 bits per heavy atom. The van der Waals surface area contributed by atoms with Gasteiger partial charge < -0.3 is 18.9 Å². The fourth-order valence-corrected chi connectivity index (χ4v) is 7.60. The zero-order valence-corrected chi connectivity index (χ0v) is 39.2. The molecule has 2 amide bonds. The van der Waals surface area contributed by atoms with Crippen molar-refractivity contribution in [2.45, 2.75) is 182 Å². The molecular formula is C47H77N5O11. The minimum absolute atomic E-state index is 0.0233. The summed E-state index contributed by atoms with van der Waals surface area (Å²) in [4.78, 5) is 96.1. The van der Waals surface area contributed by atoms with Gasteiger partial charge in [-0.15, -0.1) is 0 Å². The molecule has 1 aromatic rings. The molecule has 0 radical (unpaired) electrons. The van der Waals surface area contributed by atoms with E-state index in [1.165, 1.54) is 0 Å². The Hall–Kier alpha value is -3.99. The number of amides is 2. The predicted octanol–water partition coefficient (Wildman–Crippen LogP) is 6.31. The van der Waals surface area contributed by atoms with Crippen molar-refractivity contribution in [2.75, 3.05) is 52.6 Å². The van der Waals surface area contributed by atoms with Gasteiger partial charge in [0.15, 0.2) is 0 Å². The van der Waals surface area contributed by atoms with Crippen LogP contribution in [-0.2, 0) is 65.6 Å². The summed E-state index contributed by atoms with van der Waals surface area (Å²) in [5.41, 5.74) is 1.55. The van der Waals surface area contributed by atoms with Crippen molar-refractivity contribution >= 4 is 35.7 Å². The first-order valence-corrected chi connectivity index (χ1v) is 23.7. The van der Waals surface area contributed by atoms with Crippen molar-refractivity contribution in [3.05, 3.63) is 29.6 Å². The lowest BCUT2D eigenvalue weighted by Gasteiger charge is -2.40. The number of nitrogens with zero attached hydrogens (tertiary/aromatic N) is 5. The van der Waals surface area contributed by atoms with Crippen molar-refractivity contribution < 1.29 is 52.6 Å². The van der Waals surface area contributed by atoms with Crippen LogP contribution in [0.1, 0.15) is 156 Å². The Balaban J connectivity index is 2.06. The number of ether oxygens (including phenoxy) is 4. The average Bonchev–Trinajstić information content (AvgIpc) is 3.57. The van der Waals surface area contributed by atoms with Gasteiger partial charge in [-0.25, -0.2) is 0 Å². The van der Waals surface area contributed by atoms with Crippen LogP contribution in [-0.4, -0.2) is 137 Å². The largest absolute Gasteiger partial charge is 0.466 e. The van der Waals surface area contributed by atoms with Crippen molar-refractivity contribution in [3.63, 3.8) is 0 Å². The molecule has 0 saturated carbocycles. The van der Waals surface area contributed by atoms with E-state index in [0.29, 0.717) is 71.8 Å². The summed E-state index contributed by atoms with van der Waals surface area (Å²) < 4.78 is 22.3. The summed E-state index contributed by atoms with van der Waals surface area (Å²) in [7, 11) is 0. The Kier molecular flexibility index (Phi) is 25.6. The third-order valence-electron chi connectivity index (χ3n) is 11.6. The minimum Gasteiger partial charge on any atom is -0.466 e. The molecule has 16 nitrogen and oxygen atoms in total. The third-order valence-corrected chi connectivity index (χ3v) is 11.6. The normalized spacial score (nSPS) is 17.6. The molecule has 0 spiro atoms. The summed E-state index contributed by atoms with van der Waals surface area (Å²) >= 11 is 0. The topological polar surface area (TPSA) is 174 Å². The quantitative estimate of drug-likeness (QED) is 0.0396. The smallest absolute Gasteiger partial charge is 0.323 e. The molecule has 2 bridgehead atoms. The highest BCUT2D eigenvalue weighted by molar-refractivity contribution is 6.00. The third kappa shape index (κ3) is 19.7. The van der Waals surface area contributed by atoms with Crippen LogP contribution < -0.4 is 0 Å². The lowest BCUT2D eigenvalue weighted by Crippen LogP contribution is -2.53. The number of hydrogen-bond acceptors (Lipinski definition) is 15. The highest BCUT2D eigenvalue weighted by Gasteiger charge is 2.37. The second-order valence-electron chi connectivity index (χ2n) is 16.8. The van der Waals surface area contributed by atoms with Gasteiger partial charge in [0.05, 0.1) is 43.9 Å². The van der Waals surface area contributed by atoms with E-state index in [2.05, 4.69) is 16.7 Å². The molecule has 63 heavy (non-hydrogen) atoms. The summed E-state index contributed by atoms with van der Waals surface area (Å²) in [6, 6.07) is 4.51. The number of esters is 4. The summed E-state index contributed by atoms with van der Waals surface area (Å²) in [5, 5.41) is 0.855. The van der Waals surface area contributed by atoms with E-state index in [-0.39, 0.29) is 75.6 Å². The molecule has 0 aromatic carbocycles. The number of unbranched alkanes of at least 4 members (excludes halogenated alkanes) is 4. The van der Waals surface area contributed by atoms with E-state index < -0.39 is 36.0 Å². The standard InChI is InChI=1S/C47H77N5O11/c1-7-11-30-59-44(55)23-18-36(5)50-28-26-49(40(19-24-45(56)60-31-12-8-2)37(6)63-52-42(53)21-22-43(52)54)27-29-51(35-39-17-15-16-38(34-50)48-39)41(47(58)62-33-14-10-4)20-25-46(57)61-32-13-9-3/h15-17,36-37,40-41H,7-14,18-35H2,1-6H3. The highest BCUT2D eigenvalue weighted by Crippen LogP contribution is 2.24. The number of fused-ring (bicyclic) bond motifs is 2. The molecule has 3 rings (SSSR count). The van der Waals surface area contributed by atoms with Crippen LogP contribution in [0.4, 0.5) is 0 Å². The molecule has 2 aliphatic rings. The summed E-state index contributed by atoms with van der Waals surface area (Å²) in [5.74, 6) is -2.21. The van der Waals surface area contributed by atoms with Gasteiger partial charge in [-0.3, -0.25) is 53.3 Å². The van der Waals surface area contributed by atoms with Gasteiger partial charge in [0.2, 0.25) is 0 Å². The molecular weight excluding hydrogens is 811 g/mol. The first kappa shape index (κ1) is 53.3. The number of hydrogen-bond donors (Lipinski definition) is 0. The Morgan fingerprint density at radius 1 is 0.603 bits per heavy atom. The molecule has 1 aromatic heterocycles. The molecule has 0 N–H and O–H groups in total. The molecule has 1 fully saturated rings. The SMILES string of the molecule is CCCCOC(=O)CCC(C)N1CCN(C(CCC(=O)OCCCC)C(C)ON2C(=O)CCC2=O)CCN(C(CCC(=O)OCCCC)C(=O)OCCCC)Cc2cccc(n2)C1. The molecule has 4 unspecified atom stereocenters. The lowest BCUT2D eigenvalue weighted by molar-refractivity contribution is -0.209. The summed E-state index contributed by atoms with van der Waals surface area (Å²) in [6.45, 7) is 15.7. The molecule has 356 valence electrons. The molecule has 16 heteroatoms. The maximum Gasteiger partial charge on any atom is 0.323 e.